The molecule has 2 aromatic carbocycles. The zero-order valence-corrected chi connectivity index (χ0v) is 19.2. The van der Waals surface area contributed by atoms with Crippen molar-refractivity contribution in [2.24, 2.45) is 0 Å². The summed E-state index contributed by atoms with van der Waals surface area (Å²) < 4.78 is 5.19. The first-order valence-corrected chi connectivity index (χ1v) is 12.0. The topological polar surface area (TPSA) is 91.6 Å². The normalized spacial score (nSPS) is 13.8. The van der Waals surface area contributed by atoms with E-state index in [-0.39, 0.29) is 17.6 Å². The molecule has 1 saturated heterocycles. The molecule has 0 spiro atoms. The molecular weight excluding hydrogens is 450 g/mol. The zero-order chi connectivity index (χ0) is 23.3. The molecular formula is C25H23N5O3S. The number of anilines is 2. The summed E-state index contributed by atoms with van der Waals surface area (Å²) in [6, 6.07) is 21.0. The molecule has 0 unspecified atom stereocenters. The highest BCUT2D eigenvalue weighted by molar-refractivity contribution is 7.99. The van der Waals surface area contributed by atoms with Crippen molar-refractivity contribution in [2.45, 2.75) is 5.16 Å². The number of carbonyl (C=O) groups excluding carboxylic acids is 2. The first kappa shape index (κ1) is 22.0. The Kier molecular flexibility index (Phi) is 6.44. The summed E-state index contributed by atoms with van der Waals surface area (Å²) >= 11 is 1.32. The van der Waals surface area contributed by atoms with Crippen LogP contribution in [0.4, 0.5) is 11.5 Å². The SMILES string of the molecule is O=C(CSc1nc(Nc2ccccc2)c2ccccc2n1)N1CCN(C(=O)c2ccco2)CC1. The molecule has 8 nitrogen and oxygen atoms in total. The van der Waals surface area contributed by atoms with E-state index in [4.69, 9.17) is 4.42 Å². The number of amides is 2. The Balaban J connectivity index is 1.23. The molecule has 4 aromatic rings. The van der Waals surface area contributed by atoms with E-state index in [0.717, 1.165) is 16.6 Å². The fourth-order valence-electron chi connectivity index (χ4n) is 3.81. The molecule has 5 rings (SSSR count). The molecule has 0 saturated carbocycles. The fraction of sp³-hybridized carbons (Fsp3) is 0.200. The Hall–Kier alpha value is -3.85. The molecule has 1 aliphatic heterocycles. The zero-order valence-electron chi connectivity index (χ0n) is 18.4. The molecule has 0 atom stereocenters. The smallest absolute Gasteiger partial charge is 0.289 e. The van der Waals surface area contributed by atoms with Gasteiger partial charge in [-0.1, -0.05) is 42.1 Å². The van der Waals surface area contributed by atoms with Crippen molar-refractivity contribution in [1.29, 1.82) is 0 Å². The van der Waals surface area contributed by atoms with Gasteiger partial charge in [0.1, 0.15) is 5.82 Å². The minimum atomic E-state index is -0.144. The molecule has 3 heterocycles. The van der Waals surface area contributed by atoms with Gasteiger partial charge in [0, 0.05) is 37.3 Å². The largest absolute Gasteiger partial charge is 0.459 e. The van der Waals surface area contributed by atoms with Crippen LogP contribution in [0.25, 0.3) is 10.9 Å². The number of nitrogens with zero attached hydrogens (tertiary/aromatic N) is 4. The minimum Gasteiger partial charge on any atom is -0.459 e. The second-order valence-electron chi connectivity index (χ2n) is 7.80. The average molecular weight is 474 g/mol. The van der Waals surface area contributed by atoms with Crippen molar-refractivity contribution in [2.75, 3.05) is 37.2 Å². The predicted molar refractivity (Wildman–Crippen MR) is 131 cm³/mol. The van der Waals surface area contributed by atoms with E-state index in [9.17, 15) is 9.59 Å². The molecule has 0 radical (unpaired) electrons. The van der Waals surface area contributed by atoms with E-state index in [1.807, 2.05) is 54.6 Å². The Labute approximate surface area is 201 Å². The van der Waals surface area contributed by atoms with Crippen LogP contribution in [-0.2, 0) is 4.79 Å². The number of carbonyl (C=O) groups is 2. The van der Waals surface area contributed by atoms with Gasteiger partial charge in [0.2, 0.25) is 5.91 Å². The van der Waals surface area contributed by atoms with Crippen LogP contribution in [0.2, 0.25) is 0 Å². The van der Waals surface area contributed by atoms with Gasteiger partial charge in [-0.2, -0.15) is 0 Å². The van der Waals surface area contributed by atoms with Crippen molar-refractivity contribution in [3.05, 3.63) is 78.8 Å². The van der Waals surface area contributed by atoms with Gasteiger partial charge >= 0.3 is 0 Å². The summed E-state index contributed by atoms with van der Waals surface area (Å²) in [5.41, 5.74) is 1.75. The maximum Gasteiger partial charge on any atom is 0.289 e. The van der Waals surface area contributed by atoms with E-state index >= 15 is 0 Å². The Morgan fingerprint density at radius 2 is 1.62 bits per heavy atom. The summed E-state index contributed by atoms with van der Waals surface area (Å²) in [4.78, 5) is 38.1. The molecule has 2 amide bonds. The van der Waals surface area contributed by atoms with Crippen molar-refractivity contribution < 1.29 is 14.0 Å². The number of fused-ring (bicyclic) bond motifs is 1. The molecule has 172 valence electrons. The van der Waals surface area contributed by atoms with E-state index in [2.05, 4.69) is 15.3 Å². The second-order valence-corrected chi connectivity index (χ2v) is 8.74. The van der Waals surface area contributed by atoms with Crippen LogP contribution < -0.4 is 5.32 Å². The van der Waals surface area contributed by atoms with Crippen LogP contribution >= 0.6 is 11.8 Å². The average Bonchev–Trinajstić information content (AvgIpc) is 3.43. The van der Waals surface area contributed by atoms with Gasteiger partial charge in [0.25, 0.3) is 5.91 Å². The van der Waals surface area contributed by atoms with E-state index in [1.165, 1.54) is 18.0 Å². The summed E-state index contributed by atoms with van der Waals surface area (Å²) in [7, 11) is 0. The third kappa shape index (κ3) is 4.89. The third-order valence-electron chi connectivity index (χ3n) is 5.60. The molecule has 1 aliphatic rings. The molecule has 1 N–H and O–H groups in total. The minimum absolute atomic E-state index is 0.00410. The molecule has 9 heteroatoms. The van der Waals surface area contributed by atoms with Crippen LogP contribution in [0.1, 0.15) is 10.6 Å². The van der Waals surface area contributed by atoms with Crippen LogP contribution in [-0.4, -0.2) is 63.5 Å². The number of rotatable bonds is 6. The van der Waals surface area contributed by atoms with Gasteiger partial charge in [-0.3, -0.25) is 9.59 Å². The Morgan fingerprint density at radius 3 is 2.38 bits per heavy atom. The number of benzene rings is 2. The Bertz CT molecular complexity index is 1290. The molecule has 1 fully saturated rings. The number of piperazine rings is 1. The van der Waals surface area contributed by atoms with Crippen molar-refractivity contribution in [3.8, 4) is 0 Å². The predicted octanol–water partition coefficient (Wildman–Crippen LogP) is 4.04. The van der Waals surface area contributed by atoms with Gasteiger partial charge in [0.15, 0.2) is 10.9 Å². The number of hydrogen-bond acceptors (Lipinski definition) is 7. The van der Waals surface area contributed by atoms with Gasteiger partial charge in [-0.05, 0) is 36.4 Å². The van der Waals surface area contributed by atoms with Crippen molar-refractivity contribution in [3.63, 3.8) is 0 Å². The number of nitrogens with one attached hydrogen (secondary N) is 1. The molecule has 0 bridgehead atoms. The van der Waals surface area contributed by atoms with Gasteiger partial charge in [-0.15, -0.1) is 0 Å². The first-order chi connectivity index (χ1) is 16.7. The summed E-state index contributed by atoms with van der Waals surface area (Å²) in [5, 5.41) is 4.82. The lowest BCUT2D eigenvalue weighted by Crippen LogP contribution is -2.51. The van der Waals surface area contributed by atoms with Gasteiger partial charge in [-0.25, -0.2) is 9.97 Å². The summed E-state index contributed by atoms with van der Waals surface area (Å²) in [6.45, 7) is 1.94. The van der Waals surface area contributed by atoms with Crippen LogP contribution in [0.3, 0.4) is 0 Å². The first-order valence-electron chi connectivity index (χ1n) is 11.0. The van der Waals surface area contributed by atoms with E-state index < -0.39 is 0 Å². The van der Waals surface area contributed by atoms with Crippen LogP contribution in [0.15, 0.2) is 82.6 Å². The summed E-state index contributed by atoms with van der Waals surface area (Å²) in [6.07, 6.45) is 1.49. The van der Waals surface area contributed by atoms with Crippen LogP contribution in [0.5, 0.6) is 0 Å². The number of thioether (sulfide) groups is 1. The highest BCUT2D eigenvalue weighted by Gasteiger charge is 2.26. The van der Waals surface area contributed by atoms with Gasteiger partial charge in [0.05, 0.1) is 17.5 Å². The lowest BCUT2D eigenvalue weighted by atomic mass is 10.2. The quantitative estimate of drug-likeness (QED) is 0.334. The maximum absolute atomic E-state index is 12.8. The maximum atomic E-state index is 12.8. The van der Waals surface area contributed by atoms with Crippen molar-refractivity contribution >= 4 is 46.0 Å². The molecule has 2 aromatic heterocycles. The van der Waals surface area contributed by atoms with Gasteiger partial charge < -0.3 is 19.5 Å². The van der Waals surface area contributed by atoms with Crippen molar-refractivity contribution in [1.82, 2.24) is 19.8 Å². The monoisotopic (exact) mass is 473 g/mol. The lowest BCUT2D eigenvalue weighted by Gasteiger charge is -2.34. The summed E-state index contributed by atoms with van der Waals surface area (Å²) in [5.74, 6) is 1.12. The fourth-order valence-corrected chi connectivity index (χ4v) is 4.56. The number of para-hydroxylation sites is 2. The highest BCUT2D eigenvalue weighted by atomic mass is 32.2. The second kappa shape index (κ2) is 9.96. The standard InChI is InChI=1S/C25H23N5O3S/c31-22(29-12-14-30(15-13-29)24(32)21-11-6-16-33-21)17-34-25-27-20-10-5-4-9-19(20)23(28-25)26-18-7-2-1-3-8-18/h1-11,16H,12-15,17H2,(H,26,27,28). The number of furan rings is 1. The van der Waals surface area contributed by atoms with E-state index in [1.54, 1.807) is 21.9 Å². The highest BCUT2D eigenvalue weighted by Crippen LogP contribution is 2.27. The Morgan fingerprint density at radius 1 is 0.882 bits per heavy atom. The number of hydrogen-bond donors (Lipinski definition) is 1. The van der Waals surface area contributed by atoms with E-state index in [0.29, 0.717) is 42.9 Å². The van der Waals surface area contributed by atoms with Crippen LogP contribution in [0, 0.1) is 0 Å². The molecule has 34 heavy (non-hydrogen) atoms. The third-order valence-corrected chi connectivity index (χ3v) is 6.43. The number of aromatic nitrogens is 2. The molecule has 0 aliphatic carbocycles. The lowest BCUT2D eigenvalue weighted by molar-refractivity contribution is -0.129.